The molecule has 0 aromatic carbocycles. The van der Waals surface area contributed by atoms with Crippen LogP contribution < -0.4 is 0 Å². The summed E-state index contributed by atoms with van der Waals surface area (Å²) >= 11 is 1.50. The van der Waals surface area contributed by atoms with E-state index in [9.17, 15) is 4.79 Å². The number of aromatic carboxylic acids is 1. The summed E-state index contributed by atoms with van der Waals surface area (Å²) in [5.74, 6) is -0.00922. The van der Waals surface area contributed by atoms with Crippen LogP contribution in [0.3, 0.4) is 0 Å². The maximum absolute atomic E-state index is 10.9. The van der Waals surface area contributed by atoms with Crippen molar-refractivity contribution in [3.05, 3.63) is 35.4 Å². The first kappa shape index (κ1) is 11.8. The van der Waals surface area contributed by atoms with Crippen molar-refractivity contribution in [3.63, 3.8) is 0 Å². The molecule has 0 aliphatic heterocycles. The lowest BCUT2D eigenvalue weighted by molar-refractivity contribution is 0.0695. The lowest BCUT2D eigenvalue weighted by Crippen LogP contribution is -1.98. The predicted molar refractivity (Wildman–Crippen MR) is 63.2 cm³/mol. The van der Waals surface area contributed by atoms with Crippen LogP contribution in [-0.4, -0.2) is 20.9 Å². The van der Waals surface area contributed by atoms with Gasteiger partial charge in [-0.15, -0.1) is 0 Å². The second kappa shape index (κ2) is 4.67. The van der Waals surface area contributed by atoms with Crippen molar-refractivity contribution in [2.75, 3.05) is 0 Å². The molecule has 0 radical (unpaired) electrons. The molecular formula is C11H12N2O3S. The lowest BCUT2D eigenvalue weighted by Gasteiger charge is -2.00. The third-order valence-electron chi connectivity index (χ3n) is 2.29. The molecule has 17 heavy (non-hydrogen) atoms. The molecule has 6 heteroatoms. The Kier molecular flexibility index (Phi) is 3.23. The SMILES string of the molecule is Cc1cc(SCc2occc2C(=O)O)n(C)n1. The normalized spacial score (nSPS) is 10.7. The number of rotatable bonds is 4. The average Bonchev–Trinajstić information content (AvgIpc) is 2.82. The van der Waals surface area contributed by atoms with Crippen LogP contribution in [0.4, 0.5) is 0 Å². The molecule has 5 nitrogen and oxygen atoms in total. The largest absolute Gasteiger partial charge is 0.478 e. The van der Waals surface area contributed by atoms with Crippen molar-refractivity contribution in [3.8, 4) is 0 Å². The molecule has 2 heterocycles. The van der Waals surface area contributed by atoms with Gasteiger partial charge in [0, 0.05) is 7.05 Å². The van der Waals surface area contributed by atoms with Gasteiger partial charge in [0.05, 0.1) is 22.7 Å². The molecule has 0 unspecified atom stereocenters. The van der Waals surface area contributed by atoms with E-state index >= 15 is 0 Å². The summed E-state index contributed by atoms with van der Waals surface area (Å²) in [6.07, 6.45) is 1.40. The molecule has 0 aliphatic carbocycles. The highest BCUT2D eigenvalue weighted by Crippen LogP contribution is 2.25. The molecule has 0 bridgehead atoms. The van der Waals surface area contributed by atoms with Crippen LogP contribution in [0.5, 0.6) is 0 Å². The minimum Gasteiger partial charge on any atom is -0.478 e. The van der Waals surface area contributed by atoms with Crippen LogP contribution in [0.2, 0.25) is 0 Å². The van der Waals surface area contributed by atoms with Crippen LogP contribution in [0.1, 0.15) is 21.8 Å². The standard InChI is InChI=1S/C11H12N2O3S/c1-7-5-10(13(2)12-7)17-6-9-8(11(14)15)3-4-16-9/h3-5H,6H2,1-2H3,(H,14,15). The highest BCUT2D eigenvalue weighted by Gasteiger charge is 2.14. The molecule has 0 spiro atoms. The van der Waals surface area contributed by atoms with Gasteiger partial charge in [-0.05, 0) is 19.1 Å². The smallest absolute Gasteiger partial charge is 0.339 e. The first-order valence-corrected chi connectivity index (χ1v) is 5.99. The van der Waals surface area contributed by atoms with E-state index < -0.39 is 5.97 Å². The summed E-state index contributed by atoms with van der Waals surface area (Å²) < 4.78 is 6.93. The molecule has 0 saturated carbocycles. The Balaban J connectivity index is 2.10. The van der Waals surface area contributed by atoms with E-state index in [1.54, 1.807) is 4.68 Å². The summed E-state index contributed by atoms with van der Waals surface area (Å²) in [4.78, 5) is 10.9. The maximum atomic E-state index is 10.9. The molecule has 2 aromatic rings. The van der Waals surface area contributed by atoms with Gasteiger partial charge in [0.25, 0.3) is 0 Å². The summed E-state index contributed by atoms with van der Waals surface area (Å²) in [5, 5.41) is 14.1. The number of carboxylic acid groups (broad SMARTS) is 1. The first-order valence-electron chi connectivity index (χ1n) is 5.01. The van der Waals surface area contributed by atoms with Gasteiger partial charge in [-0.25, -0.2) is 4.79 Å². The third-order valence-corrected chi connectivity index (χ3v) is 3.37. The van der Waals surface area contributed by atoms with Crippen molar-refractivity contribution in [2.45, 2.75) is 17.7 Å². The van der Waals surface area contributed by atoms with E-state index in [1.807, 2.05) is 20.0 Å². The number of hydrogen-bond acceptors (Lipinski definition) is 4. The first-order chi connectivity index (χ1) is 8.08. The molecule has 0 saturated heterocycles. The third kappa shape index (κ3) is 2.52. The van der Waals surface area contributed by atoms with E-state index in [1.165, 1.54) is 24.1 Å². The van der Waals surface area contributed by atoms with Crippen molar-refractivity contribution in [1.29, 1.82) is 0 Å². The molecular weight excluding hydrogens is 240 g/mol. The van der Waals surface area contributed by atoms with Gasteiger partial charge in [0.2, 0.25) is 0 Å². The van der Waals surface area contributed by atoms with Gasteiger partial charge in [-0.2, -0.15) is 5.10 Å². The Hall–Kier alpha value is -1.69. The zero-order valence-corrected chi connectivity index (χ0v) is 10.3. The Labute approximate surface area is 102 Å². The average molecular weight is 252 g/mol. The number of aryl methyl sites for hydroxylation is 2. The van der Waals surface area contributed by atoms with Crippen molar-refractivity contribution < 1.29 is 14.3 Å². The Morgan fingerprint density at radius 3 is 3.00 bits per heavy atom. The number of hydrogen-bond donors (Lipinski definition) is 1. The zero-order chi connectivity index (χ0) is 12.4. The van der Waals surface area contributed by atoms with Crippen LogP contribution >= 0.6 is 11.8 Å². The maximum Gasteiger partial charge on any atom is 0.339 e. The van der Waals surface area contributed by atoms with Crippen molar-refractivity contribution in [1.82, 2.24) is 9.78 Å². The Morgan fingerprint density at radius 1 is 1.65 bits per heavy atom. The fourth-order valence-electron chi connectivity index (χ4n) is 1.50. The number of thioether (sulfide) groups is 1. The Bertz CT molecular complexity index is 545. The second-order valence-corrected chi connectivity index (χ2v) is 4.59. The summed E-state index contributed by atoms with van der Waals surface area (Å²) in [5.41, 5.74) is 1.16. The van der Waals surface area contributed by atoms with Gasteiger partial charge in [0.15, 0.2) is 0 Å². The molecule has 2 rings (SSSR count). The highest BCUT2D eigenvalue weighted by atomic mass is 32.2. The van der Waals surface area contributed by atoms with Gasteiger partial charge >= 0.3 is 5.97 Å². The number of carboxylic acids is 1. The van der Waals surface area contributed by atoms with Crippen LogP contribution in [0.25, 0.3) is 0 Å². The topological polar surface area (TPSA) is 68.3 Å². The van der Waals surface area contributed by atoms with Crippen LogP contribution in [0.15, 0.2) is 27.8 Å². The van der Waals surface area contributed by atoms with E-state index in [-0.39, 0.29) is 5.56 Å². The van der Waals surface area contributed by atoms with Gasteiger partial charge in [-0.3, -0.25) is 4.68 Å². The summed E-state index contributed by atoms with van der Waals surface area (Å²) in [7, 11) is 1.86. The van der Waals surface area contributed by atoms with E-state index in [0.717, 1.165) is 10.7 Å². The fourth-order valence-corrected chi connectivity index (χ4v) is 2.49. The molecule has 90 valence electrons. The Morgan fingerprint density at radius 2 is 2.41 bits per heavy atom. The van der Waals surface area contributed by atoms with E-state index in [2.05, 4.69) is 5.10 Å². The molecule has 1 N–H and O–H groups in total. The molecule has 2 aromatic heterocycles. The lowest BCUT2D eigenvalue weighted by atomic mass is 10.3. The molecule has 0 aliphatic rings. The number of carbonyl (C=O) groups is 1. The fraction of sp³-hybridized carbons (Fsp3) is 0.273. The summed E-state index contributed by atoms with van der Waals surface area (Å²) in [6.45, 7) is 1.92. The number of furan rings is 1. The van der Waals surface area contributed by atoms with E-state index in [0.29, 0.717) is 11.5 Å². The van der Waals surface area contributed by atoms with Crippen LogP contribution in [0, 0.1) is 6.92 Å². The number of aromatic nitrogens is 2. The van der Waals surface area contributed by atoms with Gasteiger partial charge in [0.1, 0.15) is 11.3 Å². The van der Waals surface area contributed by atoms with Crippen molar-refractivity contribution >= 4 is 17.7 Å². The molecule has 0 amide bonds. The van der Waals surface area contributed by atoms with E-state index in [4.69, 9.17) is 9.52 Å². The predicted octanol–water partition coefficient (Wildman–Crippen LogP) is 2.31. The highest BCUT2D eigenvalue weighted by molar-refractivity contribution is 7.98. The van der Waals surface area contributed by atoms with Gasteiger partial charge in [-0.1, -0.05) is 11.8 Å². The molecule has 0 fully saturated rings. The van der Waals surface area contributed by atoms with Gasteiger partial charge < -0.3 is 9.52 Å². The second-order valence-electron chi connectivity index (χ2n) is 3.60. The molecule has 0 atom stereocenters. The quantitative estimate of drug-likeness (QED) is 0.846. The van der Waals surface area contributed by atoms with Crippen molar-refractivity contribution in [2.24, 2.45) is 7.05 Å². The zero-order valence-electron chi connectivity index (χ0n) is 9.51. The summed E-state index contributed by atoms with van der Waals surface area (Å²) in [6, 6.07) is 3.42. The monoisotopic (exact) mass is 252 g/mol. The minimum absolute atomic E-state index is 0.219. The minimum atomic E-state index is -0.962. The number of nitrogens with zero attached hydrogens (tertiary/aromatic N) is 2. The van der Waals surface area contributed by atoms with Crippen LogP contribution in [-0.2, 0) is 12.8 Å².